The van der Waals surface area contributed by atoms with E-state index in [0.29, 0.717) is 19.4 Å². The monoisotopic (exact) mass is 329 g/mol. The first kappa shape index (κ1) is 17.8. The third-order valence-corrected chi connectivity index (χ3v) is 4.27. The summed E-state index contributed by atoms with van der Waals surface area (Å²) in [5.41, 5.74) is -1.32. The number of aliphatic hydroxyl groups is 1. The molecule has 5 nitrogen and oxygen atoms in total. The zero-order chi connectivity index (χ0) is 17.2. The van der Waals surface area contributed by atoms with Gasteiger partial charge in [-0.15, -0.1) is 0 Å². The highest BCUT2D eigenvalue weighted by Crippen LogP contribution is 2.31. The van der Waals surface area contributed by atoms with E-state index in [-0.39, 0.29) is 23.7 Å². The summed E-state index contributed by atoms with van der Waals surface area (Å²) < 4.78 is 28.0. The lowest BCUT2D eigenvalue weighted by Gasteiger charge is -2.28. The Labute approximate surface area is 135 Å². The van der Waals surface area contributed by atoms with Gasteiger partial charge in [0.1, 0.15) is 5.69 Å². The van der Waals surface area contributed by atoms with Crippen LogP contribution in [0.3, 0.4) is 0 Å². The molecule has 1 aromatic rings. The lowest BCUT2D eigenvalue weighted by Crippen LogP contribution is -2.42. The largest absolute Gasteiger partial charge is 0.388 e. The minimum atomic E-state index is -2.77. The van der Waals surface area contributed by atoms with E-state index in [0.717, 1.165) is 12.8 Å². The molecule has 1 fully saturated rings. The van der Waals surface area contributed by atoms with Gasteiger partial charge in [0.2, 0.25) is 0 Å². The van der Waals surface area contributed by atoms with Crippen molar-refractivity contribution in [1.82, 2.24) is 14.7 Å². The van der Waals surface area contributed by atoms with Gasteiger partial charge in [-0.25, -0.2) is 8.78 Å². The molecular formula is C16H25F2N3O2. The average Bonchev–Trinajstić information content (AvgIpc) is 3.04. The molecule has 23 heavy (non-hydrogen) atoms. The van der Waals surface area contributed by atoms with Gasteiger partial charge >= 0.3 is 0 Å². The molecule has 2 rings (SSSR count). The van der Waals surface area contributed by atoms with E-state index < -0.39 is 17.9 Å². The summed E-state index contributed by atoms with van der Waals surface area (Å²) in [4.78, 5) is 13.9. The van der Waals surface area contributed by atoms with Gasteiger partial charge in [0, 0.05) is 20.1 Å². The first-order chi connectivity index (χ1) is 10.7. The Bertz CT molecular complexity index is 552. The van der Waals surface area contributed by atoms with Crippen LogP contribution in [0, 0.1) is 5.92 Å². The minimum absolute atomic E-state index is 0.0789. The third kappa shape index (κ3) is 4.07. The average molecular weight is 329 g/mol. The number of rotatable bonds is 6. The molecule has 0 unspecified atom stereocenters. The zero-order valence-electron chi connectivity index (χ0n) is 13.9. The summed E-state index contributed by atoms with van der Waals surface area (Å²) in [7, 11) is 1.54. The molecule has 1 aliphatic rings. The number of aromatic nitrogens is 2. The van der Waals surface area contributed by atoms with Crippen molar-refractivity contribution in [2.75, 3.05) is 13.6 Å². The number of nitrogens with zero attached hydrogens (tertiary/aromatic N) is 3. The standard InChI is InChI=1S/C16H25F2N3O2/c1-11(2)9-21-13(14(17)18)12(8-19-21)15(22)20(3)10-16(23)6-4-5-7-16/h8,11,14,23H,4-7,9-10H2,1-3H3. The van der Waals surface area contributed by atoms with Gasteiger partial charge in [-0.3, -0.25) is 9.48 Å². The Morgan fingerprint density at radius 2 is 2.04 bits per heavy atom. The molecule has 0 aliphatic heterocycles. The molecule has 1 amide bonds. The summed E-state index contributed by atoms with van der Waals surface area (Å²) in [5, 5.41) is 14.4. The molecule has 0 atom stereocenters. The van der Waals surface area contributed by atoms with Gasteiger partial charge in [-0.1, -0.05) is 26.7 Å². The molecule has 1 saturated carbocycles. The van der Waals surface area contributed by atoms with Crippen LogP contribution in [0.15, 0.2) is 6.20 Å². The number of likely N-dealkylation sites (N-methyl/N-ethyl adjacent to an activating group) is 1. The van der Waals surface area contributed by atoms with Crippen LogP contribution in [-0.2, 0) is 6.54 Å². The minimum Gasteiger partial charge on any atom is -0.388 e. The van der Waals surface area contributed by atoms with E-state index in [4.69, 9.17) is 0 Å². The smallest absolute Gasteiger partial charge is 0.280 e. The fraction of sp³-hybridized carbons (Fsp3) is 0.750. The molecule has 1 N–H and O–H groups in total. The second-order valence-corrected chi connectivity index (χ2v) is 6.91. The van der Waals surface area contributed by atoms with Crippen LogP contribution in [-0.4, -0.2) is 44.9 Å². The van der Waals surface area contributed by atoms with Gasteiger partial charge in [-0.2, -0.15) is 5.10 Å². The number of hydrogen-bond donors (Lipinski definition) is 1. The maximum atomic E-state index is 13.4. The molecule has 0 saturated heterocycles. The maximum absolute atomic E-state index is 13.4. The second-order valence-electron chi connectivity index (χ2n) is 6.91. The predicted molar refractivity (Wildman–Crippen MR) is 82.4 cm³/mol. The highest BCUT2D eigenvalue weighted by Gasteiger charge is 2.35. The lowest BCUT2D eigenvalue weighted by atomic mass is 10.0. The van der Waals surface area contributed by atoms with Crippen LogP contribution in [0.5, 0.6) is 0 Å². The topological polar surface area (TPSA) is 58.4 Å². The van der Waals surface area contributed by atoms with E-state index >= 15 is 0 Å². The third-order valence-electron chi connectivity index (χ3n) is 4.27. The summed E-state index contributed by atoms with van der Waals surface area (Å²) in [5.74, 6) is -0.372. The number of hydrogen-bond acceptors (Lipinski definition) is 3. The van der Waals surface area contributed by atoms with Crippen LogP contribution < -0.4 is 0 Å². The summed E-state index contributed by atoms with van der Waals surface area (Å²) in [6.07, 6.45) is 1.57. The number of halogens is 2. The zero-order valence-corrected chi connectivity index (χ0v) is 13.9. The van der Waals surface area contributed by atoms with Gasteiger partial charge < -0.3 is 10.0 Å². The van der Waals surface area contributed by atoms with Gasteiger partial charge in [0.05, 0.1) is 17.4 Å². The summed E-state index contributed by atoms with van der Waals surface area (Å²) in [6.45, 7) is 4.30. The van der Waals surface area contributed by atoms with Crippen molar-refractivity contribution < 1.29 is 18.7 Å². The van der Waals surface area contributed by atoms with Crippen molar-refractivity contribution in [2.45, 2.75) is 58.1 Å². The van der Waals surface area contributed by atoms with E-state index in [2.05, 4.69) is 5.10 Å². The molecule has 7 heteroatoms. The summed E-state index contributed by atoms with van der Waals surface area (Å²) >= 11 is 0. The number of amides is 1. The quantitative estimate of drug-likeness (QED) is 0.873. The van der Waals surface area contributed by atoms with E-state index in [1.54, 1.807) is 0 Å². The van der Waals surface area contributed by atoms with Crippen molar-refractivity contribution in [3.8, 4) is 0 Å². The van der Waals surface area contributed by atoms with Gasteiger partial charge in [0.15, 0.2) is 0 Å². The first-order valence-corrected chi connectivity index (χ1v) is 8.05. The summed E-state index contributed by atoms with van der Waals surface area (Å²) in [6, 6.07) is 0. The van der Waals surface area contributed by atoms with Crippen molar-refractivity contribution in [1.29, 1.82) is 0 Å². The highest BCUT2D eigenvalue weighted by atomic mass is 19.3. The SMILES string of the molecule is CC(C)Cn1ncc(C(=O)N(C)CC2(O)CCCC2)c1C(F)F. The predicted octanol–water partition coefficient (Wildman–Crippen LogP) is 2.85. The Balaban J connectivity index is 2.19. The van der Waals surface area contributed by atoms with Crippen LogP contribution in [0.4, 0.5) is 8.78 Å². The molecule has 1 aliphatic carbocycles. The fourth-order valence-corrected chi connectivity index (χ4v) is 3.19. The van der Waals surface area contributed by atoms with Crippen molar-refractivity contribution in [3.63, 3.8) is 0 Å². The Morgan fingerprint density at radius 3 is 2.57 bits per heavy atom. The molecule has 0 bridgehead atoms. The number of carbonyl (C=O) groups excluding carboxylic acids is 1. The van der Waals surface area contributed by atoms with Crippen LogP contribution in [0.1, 0.15) is 62.0 Å². The van der Waals surface area contributed by atoms with Gasteiger partial charge in [0.25, 0.3) is 12.3 Å². The maximum Gasteiger partial charge on any atom is 0.280 e. The molecular weight excluding hydrogens is 304 g/mol. The first-order valence-electron chi connectivity index (χ1n) is 8.05. The van der Waals surface area contributed by atoms with E-state index in [9.17, 15) is 18.7 Å². The van der Waals surface area contributed by atoms with Crippen LogP contribution >= 0.6 is 0 Å². The second kappa shape index (κ2) is 6.95. The van der Waals surface area contributed by atoms with Crippen molar-refractivity contribution in [2.24, 2.45) is 5.92 Å². The molecule has 130 valence electrons. The van der Waals surface area contributed by atoms with Crippen molar-refractivity contribution in [3.05, 3.63) is 17.5 Å². The number of carbonyl (C=O) groups is 1. The van der Waals surface area contributed by atoms with Crippen LogP contribution in [0.2, 0.25) is 0 Å². The Morgan fingerprint density at radius 1 is 1.43 bits per heavy atom. The number of alkyl halides is 2. The Kier molecular flexibility index (Phi) is 5.39. The van der Waals surface area contributed by atoms with E-state index in [1.165, 1.54) is 22.8 Å². The normalized spacial score (nSPS) is 17.2. The van der Waals surface area contributed by atoms with Gasteiger partial charge in [-0.05, 0) is 18.8 Å². The fourth-order valence-electron chi connectivity index (χ4n) is 3.19. The van der Waals surface area contributed by atoms with Crippen LogP contribution in [0.25, 0.3) is 0 Å². The molecule has 0 aromatic carbocycles. The highest BCUT2D eigenvalue weighted by molar-refractivity contribution is 5.95. The molecule has 0 spiro atoms. The molecule has 1 heterocycles. The molecule has 0 radical (unpaired) electrons. The lowest BCUT2D eigenvalue weighted by molar-refractivity contribution is 0.0154. The Hall–Kier alpha value is -1.50. The van der Waals surface area contributed by atoms with Crippen molar-refractivity contribution >= 4 is 5.91 Å². The molecule has 1 aromatic heterocycles. The van der Waals surface area contributed by atoms with E-state index in [1.807, 2.05) is 13.8 Å².